The van der Waals surface area contributed by atoms with Gasteiger partial charge in [-0.3, -0.25) is 20.7 Å². The lowest BCUT2D eigenvalue weighted by Gasteiger charge is -1.97. The molecular weight excluding hydrogens is 290 g/mol. The van der Waals surface area contributed by atoms with Crippen molar-refractivity contribution in [3.63, 3.8) is 0 Å². The van der Waals surface area contributed by atoms with Gasteiger partial charge in [0, 0.05) is 0 Å². The van der Waals surface area contributed by atoms with E-state index in [4.69, 9.17) is 30.6 Å². The Hall–Kier alpha value is -1.34. The highest BCUT2D eigenvalue weighted by Crippen LogP contribution is 1.89. The lowest BCUT2D eigenvalue weighted by atomic mass is 10.3. The summed E-state index contributed by atoms with van der Waals surface area (Å²) < 4.78 is 0. The van der Waals surface area contributed by atoms with Crippen molar-refractivity contribution in [3.8, 4) is 0 Å². The third kappa shape index (κ3) is 55.5. The smallest absolute Gasteiger partial charge is 0.333 e. The number of carbonyl (C=O) groups is 2. The van der Waals surface area contributed by atoms with Crippen LogP contribution in [0, 0.1) is 0 Å². The molecule has 0 amide bonds. The van der Waals surface area contributed by atoms with E-state index in [9.17, 15) is 9.59 Å². The van der Waals surface area contributed by atoms with Crippen LogP contribution in [0.15, 0.2) is 0 Å². The second kappa shape index (κ2) is 27.1. The fourth-order valence-electron chi connectivity index (χ4n) is 0.253. The van der Waals surface area contributed by atoms with Gasteiger partial charge < -0.3 is 30.6 Å². The average molecular weight is 317 g/mol. The summed E-state index contributed by atoms with van der Waals surface area (Å²) in [5.41, 5.74) is 0. The molecule has 0 saturated heterocycles. The number of rotatable bonds is 6. The number of hydrogen-bond donors (Lipinski definition) is 9. The Kier molecular flexibility index (Phi) is 36.0. The van der Waals surface area contributed by atoms with Gasteiger partial charge in [0.15, 0.2) is 6.10 Å². The predicted molar refractivity (Wildman–Crippen MR) is 74.3 cm³/mol. The van der Waals surface area contributed by atoms with Crippen molar-refractivity contribution in [1.29, 1.82) is 0 Å². The van der Waals surface area contributed by atoms with Crippen molar-refractivity contribution in [2.45, 2.75) is 12.5 Å². The summed E-state index contributed by atoms with van der Waals surface area (Å²) >= 11 is 0. The summed E-state index contributed by atoms with van der Waals surface area (Å²) in [5, 5.41) is 54.9. The van der Waals surface area contributed by atoms with Gasteiger partial charge in [0.25, 0.3) is 0 Å². The molecule has 0 aliphatic rings. The summed E-state index contributed by atoms with van der Waals surface area (Å²) in [6.45, 7) is 0.208. The van der Waals surface area contributed by atoms with Gasteiger partial charge >= 0.3 is 11.9 Å². The highest BCUT2D eigenvalue weighted by atomic mass is 16.4. The van der Waals surface area contributed by atoms with Crippen LogP contribution in [0.4, 0.5) is 0 Å². The molecule has 0 fully saturated rings. The molecule has 11 nitrogen and oxygen atoms in total. The maximum atomic E-state index is 9.72. The molecule has 0 aliphatic heterocycles. The molecule has 0 rings (SSSR count). The third-order valence-corrected chi connectivity index (χ3v) is 1.13. The zero-order valence-corrected chi connectivity index (χ0v) is 12.4. The van der Waals surface area contributed by atoms with Crippen LogP contribution in [0.1, 0.15) is 6.42 Å². The number of aliphatic carboxylic acids is 2. The summed E-state index contributed by atoms with van der Waals surface area (Å²) in [4.78, 5) is 19.4. The largest absolute Gasteiger partial charge is 0.481 e. The summed E-state index contributed by atoms with van der Waals surface area (Å²) in [5.74, 6) is -2.85. The Morgan fingerprint density at radius 3 is 1.14 bits per heavy atom. The second-order valence-corrected chi connectivity index (χ2v) is 2.99. The maximum Gasteiger partial charge on any atom is 0.333 e. The standard InChI is InChI=1S/C4H6O5.3C2H7NO/c5-2(4(8)9)1-3(6)7;3*1-3-2-4/h2,5H,1H2,(H,6,7)(H,8,9);3*3-4H,2H2,1H3. The zero-order valence-electron chi connectivity index (χ0n) is 12.4. The molecule has 9 N–H and O–H groups in total. The Balaban J connectivity index is -0.000000102. The first-order valence-electron chi connectivity index (χ1n) is 5.67. The second-order valence-electron chi connectivity index (χ2n) is 2.99. The lowest BCUT2D eigenvalue weighted by molar-refractivity contribution is -0.152. The predicted octanol–water partition coefficient (Wildman–Crippen LogP) is -3.63. The van der Waals surface area contributed by atoms with E-state index in [1.54, 1.807) is 21.1 Å². The maximum absolute atomic E-state index is 9.72. The Morgan fingerprint density at radius 2 is 1.10 bits per heavy atom. The molecule has 0 heterocycles. The van der Waals surface area contributed by atoms with Gasteiger partial charge in [-0.1, -0.05) is 0 Å². The summed E-state index contributed by atoms with van der Waals surface area (Å²) in [6, 6.07) is 0. The molecule has 1 unspecified atom stereocenters. The van der Waals surface area contributed by atoms with Crippen LogP contribution < -0.4 is 16.0 Å². The van der Waals surface area contributed by atoms with Crippen molar-refractivity contribution in [1.82, 2.24) is 16.0 Å². The van der Waals surface area contributed by atoms with Crippen LogP contribution in [0.5, 0.6) is 0 Å². The normalized spacial score (nSPS) is 9.67. The molecule has 0 aromatic rings. The zero-order chi connectivity index (χ0) is 17.7. The minimum atomic E-state index is -1.79. The topological polar surface area (TPSA) is 192 Å². The molecule has 0 saturated carbocycles. The molecule has 11 heteroatoms. The van der Waals surface area contributed by atoms with E-state index in [1.165, 1.54) is 0 Å². The minimum absolute atomic E-state index is 0.0694. The van der Waals surface area contributed by atoms with E-state index in [0.29, 0.717) is 0 Å². The van der Waals surface area contributed by atoms with Gasteiger partial charge in [0.1, 0.15) is 0 Å². The molecule has 0 radical (unpaired) electrons. The van der Waals surface area contributed by atoms with Gasteiger partial charge in [0.2, 0.25) is 0 Å². The van der Waals surface area contributed by atoms with Gasteiger partial charge in [-0.2, -0.15) is 0 Å². The molecule has 1 atom stereocenters. The quantitative estimate of drug-likeness (QED) is 0.220. The molecule has 21 heavy (non-hydrogen) atoms. The van der Waals surface area contributed by atoms with E-state index in [2.05, 4.69) is 16.0 Å². The Labute approximate surface area is 123 Å². The number of aliphatic hydroxyl groups excluding tert-OH is 4. The summed E-state index contributed by atoms with van der Waals surface area (Å²) in [7, 11) is 5.04. The average Bonchev–Trinajstić information content (AvgIpc) is 2.47. The van der Waals surface area contributed by atoms with Crippen LogP contribution in [-0.4, -0.2) is 90.0 Å². The highest BCUT2D eigenvalue weighted by Gasteiger charge is 2.16. The number of carboxylic acids is 2. The van der Waals surface area contributed by atoms with Crippen LogP contribution in [0.3, 0.4) is 0 Å². The van der Waals surface area contributed by atoms with E-state index in [1.807, 2.05) is 0 Å². The van der Waals surface area contributed by atoms with Crippen molar-refractivity contribution in [3.05, 3.63) is 0 Å². The fraction of sp³-hybridized carbons (Fsp3) is 0.800. The van der Waals surface area contributed by atoms with Crippen LogP contribution in [0.2, 0.25) is 0 Å². The monoisotopic (exact) mass is 317 g/mol. The Bertz CT molecular complexity index is 203. The first-order chi connectivity index (χ1) is 9.78. The first-order valence-corrected chi connectivity index (χ1v) is 5.67. The van der Waals surface area contributed by atoms with E-state index >= 15 is 0 Å². The lowest BCUT2D eigenvalue weighted by Crippen LogP contribution is -2.22. The number of aliphatic hydroxyl groups is 4. The molecule has 0 aromatic carbocycles. The SMILES string of the molecule is CNCO.CNCO.CNCO.O=C(O)CC(O)C(=O)O. The Morgan fingerprint density at radius 1 is 0.857 bits per heavy atom. The number of nitrogens with one attached hydrogen (secondary N) is 3. The van der Waals surface area contributed by atoms with Crippen molar-refractivity contribution >= 4 is 11.9 Å². The van der Waals surface area contributed by atoms with Gasteiger partial charge in [-0.05, 0) is 21.1 Å². The van der Waals surface area contributed by atoms with Gasteiger partial charge in [0.05, 0.1) is 26.6 Å². The van der Waals surface area contributed by atoms with Crippen molar-refractivity contribution in [2.75, 3.05) is 41.3 Å². The van der Waals surface area contributed by atoms with E-state index in [-0.39, 0.29) is 20.2 Å². The molecule has 130 valence electrons. The fourth-order valence-corrected chi connectivity index (χ4v) is 0.253. The number of hydrogen-bond acceptors (Lipinski definition) is 9. The molecule has 0 spiro atoms. The first kappa shape index (κ1) is 27.9. The van der Waals surface area contributed by atoms with Crippen molar-refractivity contribution in [2.24, 2.45) is 0 Å². The molecule has 0 bridgehead atoms. The molecule has 0 aromatic heterocycles. The molecule has 0 aliphatic carbocycles. The van der Waals surface area contributed by atoms with Gasteiger partial charge in [-0.25, -0.2) is 4.79 Å². The number of carboxylic acid groups (broad SMARTS) is 2. The molecular formula is C10H27N3O8. The van der Waals surface area contributed by atoms with E-state index in [0.717, 1.165) is 0 Å². The van der Waals surface area contributed by atoms with Crippen LogP contribution >= 0.6 is 0 Å². The third-order valence-electron chi connectivity index (χ3n) is 1.13. The van der Waals surface area contributed by atoms with Crippen LogP contribution in [0.25, 0.3) is 0 Å². The highest BCUT2D eigenvalue weighted by molar-refractivity contribution is 5.79. The summed E-state index contributed by atoms with van der Waals surface area (Å²) in [6.07, 6.45) is -2.54. The van der Waals surface area contributed by atoms with Crippen molar-refractivity contribution < 1.29 is 40.2 Å². The van der Waals surface area contributed by atoms with Crippen LogP contribution in [-0.2, 0) is 9.59 Å². The van der Waals surface area contributed by atoms with E-state index < -0.39 is 24.5 Å². The van der Waals surface area contributed by atoms with Gasteiger partial charge in [-0.15, -0.1) is 0 Å². The minimum Gasteiger partial charge on any atom is -0.481 e.